The van der Waals surface area contributed by atoms with Crippen molar-refractivity contribution in [2.45, 2.75) is 32.2 Å². The molecule has 2 N–H and O–H groups in total. The lowest BCUT2D eigenvalue weighted by Gasteiger charge is -2.16. The molecule has 0 bridgehead atoms. The first kappa shape index (κ1) is 11.1. The first-order valence-corrected chi connectivity index (χ1v) is 6.89. The number of ether oxygens (including phenoxy) is 1. The Bertz CT molecular complexity index is 640. The van der Waals surface area contributed by atoms with Crippen molar-refractivity contribution in [3.63, 3.8) is 0 Å². The van der Waals surface area contributed by atoms with E-state index >= 15 is 0 Å². The third-order valence-corrected chi connectivity index (χ3v) is 4.61. The summed E-state index contributed by atoms with van der Waals surface area (Å²) in [6.07, 6.45) is 5.40. The van der Waals surface area contributed by atoms with E-state index in [9.17, 15) is 0 Å². The van der Waals surface area contributed by atoms with Crippen LogP contribution in [0.2, 0.25) is 0 Å². The molecule has 100 valence electrons. The van der Waals surface area contributed by atoms with Gasteiger partial charge in [0.15, 0.2) is 5.65 Å². The Hall–Kier alpha value is -1.78. The van der Waals surface area contributed by atoms with Crippen molar-refractivity contribution in [1.29, 1.82) is 0 Å². The van der Waals surface area contributed by atoms with Crippen LogP contribution < -0.4 is 10.5 Å². The average Bonchev–Trinajstić information content (AvgIpc) is 3.29. The molecule has 5 nitrogen and oxygen atoms in total. The SMILES string of the molecule is COc1ccc2nc(N)n(CC3(C4CC4)CC3)c2n1. The second-order valence-corrected chi connectivity index (χ2v) is 5.89. The zero-order valence-corrected chi connectivity index (χ0v) is 11.1. The summed E-state index contributed by atoms with van der Waals surface area (Å²) in [5, 5.41) is 0. The summed E-state index contributed by atoms with van der Waals surface area (Å²) in [6.45, 7) is 0.958. The third kappa shape index (κ3) is 1.68. The lowest BCUT2D eigenvalue weighted by Crippen LogP contribution is -2.16. The number of methoxy groups -OCH3 is 1. The predicted octanol–water partition coefficient (Wildman–Crippen LogP) is 2.21. The van der Waals surface area contributed by atoms with Crippen LogP contribution in [0, 0.1) is 11.3 Å². The molecule has 0 radical (unpaired) electrons. The van der Waals surface area contributed by atoms with E-state index in [1.807, 2.05) is 12.1 Å². The summed E-state index contributed by atoms with van der Waals surface area (Å²) < 4.78 is 7.27. The minimum atomic E-state index is 0.479. The van der Waals surface area contributed by atoms with E-state index in [-0.39, 0.29) is 0 Å². The van der Waals surface area contributed by atoms with Gasteiger partial charge in [-0.25, -0.2) is 4.98 Å². The Morgan fingerprint density at radius 2 is 2.16 bits per heavy atom. The maximum absolute atomic E-state index is 6.07. The summed E-state index contributed by atoms with van der Waals surface area (Å²) in [6, 6.07) is 3.75. The minimum Gasteiger partial charge on any atom is -0.481 e. The second kappa shape index (κ2) is 3.62. The summed E-state index contributed by atoms with van der Waals surface area (Å²) in [4.78, 5) is 8.91. The molecule has 0 unspecified atom stereocenters. The molecule has 2 heterocycles. The zero-order valence-electron chi connectivity index (χ0n) is 11.1. The molecular formula is C14H18N4O. The third-order valence-electron chi connectivity index (χ3n) is 4.61. The van der Waals surface area contributed by atoms with Crippen molar-refractivity contribution in [2.75, 3.05) is 12.8 Å². The highest BCUT2D eigenvalue weighted by molar-refractivity contribution is 5.74. The Kier molecular flexibility index (Phi) is 2.11. The van der Waals surface area contributed by atoms with Crippen LogP contribution in [-0.2, 0) is 6.54 Å². The molecule has 2 saturated carbocycles. The van der Waals surface area contributed by atoms with E-state index in [1.165, 1.54) is 25.7 Å². The number of nitrogen functional groups attached to an aromatic ring is 1. The van der Waals surface area contributed by atoms with Crippen LogP contribution in [0.5, 0.6) is 5.88 Å². The number of aromatic nitrogens is 3. The van der Waals surface area contributed by atoms with E-state index in [0.29, 0.717) is 17.2 Å². The fourth-order valence-electron chi connectivity index (χ4n) is 3.14. The van der Waals surface area contributed by atoms with Gasteiger partial charge in [-0.05, 0) is 43.1 Å². The van der Waals surface area contributed by atoms with Crippen molar-refractivity contribution in [1.82, 2.24) is 14.5 Å². The number of imidazole rings is 1. The van der Waals surface area contributed by atoms with Crippen molar-refractivity contribution in [2.24, 2.45) is 11.3 Å². The molecule has 0 aromatic carbocycles. The van der Waals surface area contributed by atoms with Gasteiger partial charge in [0.25, 0.3) is 0 Å². The molecule has 0 amide bonds. The van der Waals surface area contributed by atoms with Gasteiger partial charge in [0.1, 0.15) is 5.52 Å². The Morgan fingerprint density at radius 1 is 1.37 bits per heavy atom. The molecule has 2 fully saturated rings. The smallest absolute Gasteiger partial charge is 0.215 e. The number of rotatable bonds is 4. The van der Waals surface area contributed by atoms with E-state index in [4.69, 9.17) is 10.5 Å². The average molecular weight is 258 g/mol. The van der Waals surface area contributed by atoms with Gasteiger partial charge < -0.3 is 10.5 Å². The van der Waals surface area contributed by atoms with Gasteiger partial charge in [-0.3, -0.25) is 4.57 Å². The first-order valence-electron chi connectivity index (χ1n) is 6.89. The van der Waals surface area contributed by atoms with Gasteiger partial charge in [0.05, 0.1) is 7.11 Å². The number of hydrogen-bond acceptors (Lipinski definition) is 4. The monoisotopic (exact) mass is 258 g/mol. The van der Waals surface area contributed by atoms with Gasteiger partial charge in [-0.15, -0.1) is 0 Å². The van der Waals surface area contributed by atoms with Crippen LogP contribution in [-0.4, -0.2) is 21.6 Å². The molecular weight excluding hydrogens is 240 g/mol. The van der Waals surface area contributed by atoms with Crippen LogP contribution in [0.3, 0.4) is 0 Å². The molecule has 2 aromatic rings. The lowest BCUT2D eigenvalue weighted by atomic mass is 10.0. The van der Waals surface area contributed by atoms with Crippen molar-refractivity contribution >= 4 is 17.1 Å². The molecule has 0 spiro atoms. The van der Waals surface area contributed by atoms with Gasteiger partial charge in [0, 0.05) is 12.6 Å². The fourth-order valence-corrected chi connectivity index (χ4v) is 3.14. The highest BCUT2D eigenvalue weighted by Crippen LogP contribution is 2.62. The van der Waals surface area contributed by atoms with Crippen LogP contribution in [0.1, 0.15) is 25.7 Å². The van der Waals surface area contributed by atoms with E-state index in [0.717, 1.165) is 23.6 Å². The number of hydrogen-bond donors (Lipinski definition) is 1. The Morgan fingerprint density at radius 3 is 2.79 bits per heavy atom. The van der Waals surface area contributed by atoms with E-state index < -0.39 is 0 Å². The molecule has 4 rings (SSSR count). The lowest BCUT2D eigenvalue weighted by molar-refractivity contribution is 0.374. The number of anilines is 1. The predicted molar refractivity (Wildman–Crippen MR) is 72.9 cm³/mol. The molecule has 19 heavy (non-hydrogen) atoms. The molecule has 0 saturated heterocycles. The Balaban J connectivity index is 1.77. The summed E-state index contributed by atoms with van der Waals surface area (Å²) in [5.41, 5.74) is 8.25. The number of pyridine rings is 1. The molecule has 0 aliphatic heterocycles. The summed E-state index contributed by atoms with van der Waals surface area (Å²) in [7, 11) is 1.63. The van der Waals surface area contributed by atoms with Crippen LogP contribution in [0.25, 0.3) is 11.2 Å². The van der Waals surface area contributed by atoms with Gasteiger partial charge >= 0.3 is 0 Å². The standard InChI is InChI=1S/C14H18N4O/c1-19-11-5-4-10-12(17-11)18(13(15)16-10)8-14(6-7-14)9-2-3-9/h4-5,9H,2-3,6-8H2,1H3,(H2,15,16). The fraction of sp³-hybridized carbons (Fsp3) is 0.571. The number of nitrogens with two attached hydrogens (primary N) is 1. The molecule has 2 aliphatic carbocycles. The normalized spacial score (nSPS) is 20.7. The van der Waals surface area contributed by atoms with Gasteiger partial charge in [-0.2, -0.15) is 4.98 Å². The minimum absolute atomic E-state index is 0.479. The zero-order chi connectivity index (χ0) is 13.0. The number of fused-ring (bicyclic) bond motifs is 1. The molecule has 2 aromatic heterocycles. The highest BCUT2D eigenvalue weighted by atomic mass is 16.5. The molecule has 0 atom stereocenters. The van der Waals surface area contributed by atoms with Crippen LogP contribution in [0.15, 0.2) is 12.1 Å². The second-order valence-electron chi connectivity index (χ2n) is 5.89. The molecule has 5 heteroatoms. The van der Waals surface area contributed by atoms with Crippen molar-refractivity contribution in [3.8, 4) is 5.88 Å². The number of nitrogens with zero attached hydrogens (tertiary/aromatic N) is 3. The Labute approximate surface area is 111 Å². The quantitative estimate of drug-likeness (QED) is 0.913. The maximum Gasteiger partial charge on any atom is 0.215 e. The summed E-state index contributed by atoms with van der Waals surface area (Å²) >= 11 is 0. The first-order chi connectivity index (χ1) is 9.22. The van der Waals surface area contributed by atoms with Crippen LogP contribution >= 0.6 is 0 Å². The van der Waals surface area contributed by atoms with Gasteiger partial charge in [-0.1, -0.05) is 0 Å². The molecule has 2 aliphatic rings. The largest absolute Gasteiger partial charge is 0.481 e. The maximum atomic E-state index is 6.07. The summed E-state index contributed by atoms with van der Waals surface area (Å²) in [5.74, 6) is 2.09. The van der Waals surface area contributed by atoms with Crippen molar-refractivity contribution < 1.29 is 4.74 Å². The van der Waals surface area contributed by atoms with Crippen LogP contribution in [0.4, 0.5) is 5.95 Å². The highest BCUT2D eigenvalue weighted by Gasteiger charge is 2.54. The van der Waals surface area contributed by atoms with Gasteiger partial charge in [0.2, 0.25) is 11.8 Å². The van der Waals surface area contributed by atoms with E-state index in [1.54, 1.807) is 7.11 Å². The van der Waals surface area contributed by atoms with E-state index in [2.05, 4.69) is 14.5 Å². The van der Waals surface area contributed by atoms with Crippen molar-refractivity contribution in [3.05, 3.63) is 12.1 Å². The topological polar surface area (TPSA) is 66.0 Å².